The smallest absolute Gasteiger partial charge is 0.169 e. The lowest BCUT2D eigenvalue weighted by atomic mass is 9.86. The summed E-state index contributed by atoms with van der Waals surface area (Å²) in [5.41, 5.74) is 1.61. The zero-order valence-electron chi connectivity index (χ0n) is 11.0. The summed E-state index contributed by atoms with van der Waals surface area (Å²) in [6.45, 7) is 3.09. The monoisotopic (exact) mass is 319 g/mol. The van der Waals surface area contributed by atoms with Crippen LogP contribution >= 0.6 is 15.9 Å². The van der Waals surface area contributed by atoms with Crippen molar-refractivity contribution in [3.05, 3.63) is 58.5 Å². The first-order valence-electron chi connectivity index (χ1n) is 6.80. The fraction of sp³-hybridized carbons (Fsp3) is 0.375. The minimum Gasteiger partial charge on any atom is -0.453 e. The second-order valence-corrected chi connectivity index (χ2v) is 5.94. The Morgan fingerprint density at radius 2 is 1.95 bits per heavy atom. The van der Waals surface area contributed by atoms with Gasteiger partial charge in [0, 0.05) is 5.41 Å². The van der Waals surface area contributed by atoms with Gasteiger partial charge in [-0.2, -0.15) is 0 Å². The summed E-state index contributed by atoms with van der Waals surface area (Å²) in [6.07, 6.45) is 2.43. The van der Waals surface area contributed by atoms with E-state index in [4.69, 9.17) is 4.42 Å². The number of rotatable bonds is 5. The Kier molecular flexibility index (Phi) is 3.50. The molecule has 0 saturated heterocycles. The van der Waals surface area contributed by atoms with Gasteiger partial charge in [0.05, 0.1) is 6.04 Å². The van der Waals surface area contributed by atoms with Crippen molar-refractivity contribution in [3.8, 4) is 0 Å². The zero-order valence-corrected chi connectivity index (χ0v) is 12.6. The predicted octanol–water partition coefficient (Wildman–Crippen LogP) is 4.42. The molecule has 3 heteroatoms. The van der Waals surface area contributed by atoms with Gasteiger partial charge in [-0.3, -0.25) is 0 Å². The molecule has 1 saturated carbocycles. The molecular formula is C16H18BrNO. The summed E-state index contributed by atoms with van der Waals surface area (Å²) in [4.78, 5) is 0. The Labute approximate surface area is 122 Å². The maximum atomic E-state index is 5.80. The van der Waals surface area contributed by atoms with Gasteiger partial charge < -0.3 is 9.73 Å². The molecule has 3 rings (SSSR count). The van der Waals surface area contributed by atoms with Crippen LogP contribution in [0.2, 0.25) is 0 Å². The normalized spacial score (nSPS) is 18.2. The SMILES string of the molecule is CCNC(c1ccc(Br)o1)C1(c2ccccc2)CC1. The Morgan fingerprint density at radius 3 is 2.47 bits per heavy atom. The van der Waals surface area contributed by atoms with E-state index in [-0.39, 0.29) is 11.5 Å². The fourth-order valence-corrected chi connectivity index (χ4v) is 3.22. The van der Waals surface area contributed by atoms with Crippen LogP contribution in [0.4, 0.5) is 0 Å². The molecule has 1 aromatic carbocycles. The molecule has 1 atom stereocenters. The van der Waals surface area contributed by atoms with Crippen LogP contribution in [0.25, 0.3) is 0 Å². The minimum atomic E-state index is 0.203. The standard InChI is InChI=1S/C16H18BrNO/c1-2-18-15(13-8-9-14(17)19-13)16(10-11-16)12-6-4-3-5-7-12/h3-9,15,18H,2,10-11H2,1H3. The number of likely N-dealkylation sites (N-methyl/N-ethyl adjacent to an activating group) is 1. The van der Waals surface area contributed by atoms with Crippen LogP contribution in [0.15, 0.2) is 51.6 Å². The molecule has 1 unspecified atom stereocenters. The van der Waals surface area contributed by atoms with Crippen LogP contribution in [0, 0.1) is 0 Å². The first kappa shape index (κ1) is 12.9. The van der Waals surface area contributed by atoms with Gasteiger partial charge in [0.15, 0.2) is 4.67 Å². The van der Waals surface area contributed by atoms with Crippen molar-refractivity contribution in [2.45, 2.75) is 31.2 Å². The molecule has 19 heavy (non-hydrogen) atoms. The highest BCUT2D eigenvalue weighted by molar-refractivity contribution is 9.10. The first-order valence-corrected chi connectivity index (χ1v) is 7.60. The second-order valence-electron chi connectivity index (χ2n) is 5.15. The van der Waals surface area contributed by atoms with E-state index < -0.39 is 0 Å². The van der Waals surface area contributed by atoms with Crippen LogP contribution < -0.4 is 5.32 Å². The van der Waals surface area contributed by atoms with E-state index >= 15 is 0 Å². The van der Waals surface area contributed by atoms with Gasteiger partial charge >= 0.3 is 0 Å². The molecule has 2 aromatic rings. The summed E-state index contributed by atoms with van der Waals surface area (Å²) < 4.78 is 6.60. The van der Waals surface area contributed by atoms with E-state index in [1.807, 2.05) is 6.07 Å². The number of halogens is 1. The third-order valence-electron chi connectivity index (χ3n) is 3.98. The van der Waals surface area contributed by atoms with Crippen molar-refractivity contribution in [1.82, 2.24) is 5.32 Å². The molecule has 0 bridgehead atoms. The van der Waals surface area contributed by atoms with Crippen molar-refractivity contribution in [2.75, 3.05) is 6.54 Å². The number of nitrogens with one attached hydrogen (secondary N) is 1. The molecule has 0 amide bonds. The van der Waals surface area contributed by atoms with E-state index in [9.17, 15) is 0 Å². The topological polar surface area (TPSA) is 25.2 Å². The maximum Gasteiger partial charge on any atom is 0.169 e. The fourth-order valence-electron chi connectivity index (χ4n) is 2.90. The van der Waals surface area contributed by atoms with E-state index in [2.05, 4.69) is 64.6 Å². The molecular weight excluding hydrogens is 302 g/mol. The largest absolute Gasteiger partial charge is 0.453 e. The Balaban J connectivity index is 1.96. The molecule has 1 aliphatic carbocycles. The summed E-state index contributed by atoms with van der Waals surface area (Å²) in [7, 11) is 0. The van der Waals surface area contributed by atoms with Gasteiger partial charge in [-0.1, -0.05) is 37.3 Å². The third-order valence-corrected chi connectivity index (χ3v) is 4.40. The van der Waals surface area contributed by atoms with Gasteiger partial charge in [-0.25, -0.2) is 0 Å². The molecule has 0 radical (unpaired) electrons. The van der Waals surface area contributed by atoms with Gasteiger partial charge in [-0.15, -0.1) is 0 Å². The molecule has 1 fully saturated rings. The molecule has 1 heterocycles. The quantitative estimate of drug-likeness (QED) is 0.882. The second kappa shape index (κ2) is 5.14. The molecule has 1 aromatic heterocycles. The molecule has 100 valence electrons. The predicted molar refractivity (Wildman–Crippen MR) is 80.2 cm³/mol. The van der Waals surface area contributed by atoms with E-state index in [0.29, 0.717) is 0 Å². The van der Waals surface area contributed by atoms with Crippen LogP contribution in [0.1, 0.15) is 37.1 Å². The van der Waals surface area contributed by atoms with Crippen molar-refractivity contribution in [1.29, 1.82) is 0 Å². The average molecular weight is 320 g/mol. The Bertz CT molecular complexity index is 545. The summed E-state index contributed by atoms with van der Waals surface area (Å²) in [5.74, 6) is 1.02. The van der Waals surface area contributed by atoms with Crippen molar-refractivity contribution in [2.24, 2.45) is 0 Å². The van der Waals surface area contributed by atoms with E-state index in [1.54, 1.807) is 0 Å². The Hall–Kier alpha value is -1.06. The number of benzene rings is 1. The van der Waals surface area contributed by atoms with Gasteiger partial charge in [0.25, 0.3) is 0 Å². The van der Waals surface area contributed by atoms with Gasteiger partial charge in [0.1, 0.15) is 5.76 Å². The van der Waals surface area contributed by atoms with Gasteiger partial charge in [-0.05, 0) is 53.0 Å². The zero-order chi connectivity index (χ0) is 13.3. The van der Waals surface area contributed by atoms with Crippen LogP contribution in [-0.4, -0.2) is 6.54 Å². The number of hydrogen-bond donors (Lipinski definition) is 1. The Morgan fingerprint density at radius 1 is 1.21 bits per heavy atom. The highest BCUT2D eigenvalue weighted by Gasteiger charge is 2.52. The van der Waals surface area contributed by atoms with Crippen molar-refractivity contribution in [3.63, 3.8) is 0 Å². The number of hydrogen-bond acceptors (Lipinski definition) is 2. The third kappa shape index (κ3) is 2.37. The molecule has 1 aliphatic rings. The van der Waals surface area contributed by atoms with Crippen molar-refractivity contribution < 1.29 is 4.42 Å². The molecule has 0 aliphatic heterocycles. The lowest BCUT2D eigenvalue weighted by molar-refractivity contribution is 0.351. The lowest BCUT2D eigenvalue weighted by Crippen LogP contribution is -2.31. The van der Waals surface area contributed by atoms with E-state index in [1.165, 1.54) is 18.4 Å². The van der Waals surface area contributed by atoms with Crippen LogP contribution in [0.3, 0.4) is 0 Å². The minimum absolute atomic E-state index is 0.203. The average Bonchev–Trinajstić information content (AvgIpc) is 3.14. The lowest BCUT2D eigenvalue weighted by Gasteiger charge is -2.26. The summed E-state index contributed by atoms with van der Waals surface area (Å²) >= 11 is 3.40. The molecule has 2 nitrogen and oxygen atoms in total. The molecule has 1 N–H and O–H groups in total. The summed E-state index contributed by atoms with van der Waals surface area (Å²) in [5, 5.41) is 3.60. The molecule has 0 spiro atoms. The maximum absolute atomic E-state index is 5.80. The van der Waals surface area contributed by atoms with Crippen molar-refractivity contribution >= 4 is 15.9 Å². The number of furan rings is 1. The highest BCUT2D eigenvalue weighted by atomic mass is 79.9. The highest BCUT2D eigenvalue weighted by Crippen LogP contribution is 2.56. The first-order chi connectivity index (χ1) is 9.26. The van der Waals surface area contributed by atoms with Crippen LogP contribution in [-0.2, 0) is 5.41 Å². The summed E-state index contributed by atoms with van der Waals surface area (Å²) in [6, 6.07) is 15.1. The van der Waals surface area contributed by atoms with Gasteiger partial charge in [0.2, 0.25) is 0 Å². The van der Waals surface area contributed by atoms with E-state index in [0.717, 1.165) is 17.0 Å². The van der Waals surface area contributed by atoms with Crippen LogP contribution in [0.5, 0.6) is 0 Å².